The molecule has 100 valence electrons. The van der Waals surface area contributed by atoms with Crippen LogP contribution in [0.15, 0.2) is 23.2 Å². The number of rotatable bonds is 2. The largest absolute Gasteiger partial charge is 0.438 e. The van der Waals surface area contributed by atoms with E-state index in [-0.39, 0.29) is 11.8 Å². The van der Waals surface area contributed by atoms with Gasteiger partial charge >= 0.3 is 0 Å². The summed E-state index contributed by atoms with van der Waals surface area (Å²) >= 11 is 0. The zero-order chi connectivity index (χ0) is 13.2. The van der Waals surface area contributed by atoms with Crippen LogP contribution in [0.1, 0.15) is 40.8 Å². The molecule has 0 unspecified atom stereocenters. The Hall–Kier alpha value is -2.11. The van der Waals surface area contributed by atoms with Crippen LogP contribution in [-0.4, -0.2) is 38.8 Å². The lowest BCUT2D eigenvalue weighted by Crippen LogP contribution is -2.39. The van der Waals surface area contributed by atoms with E-state index in [1.807, 2.05) is 18.0 Å². The van der Waals surface area contributed by atoms with E-state index < -0.39 is 0 Å². The quantitative estimate of drug-likeness (QED) is 0.892. The number of hydrogen-bond donors (Lipinski definition) is 1. The fraction of sp³-hybridized carbons (Fsp3) is 0.462. The highest BCUT2D eigenvalue weighted by atomic mass is 16.3. The van der Waals surface area contributed by atoms with Crippen LogP contribution in [0.2, 0.25) is 0 Å². The molecule has 6 heteroatoms. The van der Waals surface area contributed by atoms with Gasteiger partial charge in [0.15, 0.2) is 6.39 Å². The fourth-order valence-corrected chi connectivity index (χ4v) is 2.50. The Morgan fingerprint density at radius 1 is 1.53 bits per heavy atom. The first kappa shape index (κ1) is 12.0. The summed E-state index contributed by atoms with van der Waals surface area (Å²) in [6.07, 6.45) is 6.59. The van der Waals surface area contributed by atoms with Crippen molar-refractivity contribution < 1.29 is 9.21 Å². The molecule has 2 aromatic heterocycles. The molecule has 1 fully saturated rings. The maximum atomic E-state index is 12.2. The minimum Gasteiger partial charge on any atom is -0.438 e. The Bertz CT molecular complexity index is 561. The zero-order valence-corrected chi connectivity index (χ0v) is 10.8. The van der Waals surface area contributed by atoms with E-state index in [0.29, 0.717) is 12.3 Å². The molecule has 1 aliphatic rings. The number of amides is 1. The third-order valence-corrected chi connectivity index (χ3v) is 3.46. The summed E-state index contributed by atoms with van der Waals surface area (Å²) in [4.78, 5) is 25.4. The second-order valence-electron chi connectivity index (χ2n) is 4.91. The molecule has 1 atom stereocenters. The van der Waals surface area contributed by atoms with E-state index in [1.54, 1.807) is 0 Å². The van der Waals surface area contributed by atoms with E-state index in [4.69, 9.17) is 4.42 Å². The number of aromatic amines is 1. The van der Waals surface area contributed by atoms with Gasteiger partial charge < -0.3 is 14.3 Å². The fourth-order valence-electron chi connectivity index (χ4n) is 2.50. The molecule has 1 N–H and O–H groups in total. The van der Waals surface area contributed by atoms with E-state index in [9.17, 15) is 4.79 Å². The Labute approximate surface area is 110 Å². The summed E-state index contributed by atoms with van der Waals surface area (Å²) in [7, 11) is 0. The third-order valence-electron chi connectivity index (χ3n) is 3.46. The van der Waals surface area contributed by atoms with Crippen LogP contribution in [0.25, 0.3) is 0 Å². The van der Waals surface area contributed by atoms with Crippen molar-refractivity contribution in [3.05, 3.63) is 36.1 Å². The van der Waals surface area contributed by atoms with Gasteiger partial charge in [-0.3, -0.25) is 4.79 Å². The van der Waals surface area contributed by atoms with Crippen LogP contribution >= 0.6 is 0 Å². The average molecular weight is 260 g/mol. The maximum Gasteiger partial charge on any atom is 0.291 e. The molecule has 3 rings (SSSR count). The molecule has 0 spiro atoms. The Morgan fingerprint density at radius 3 is 3.11 bits per heavy atom. The highest BCUT2D eigenvalue weighted by Crippen LogP contribution is 2.25. The third kappa shape index (κ3) is 2.38. The first-order valence-electron chi connectivity index (χ1n) is 6.43. The molecule has 19 heavy (non-hydrogen) atoms. The van der Waals surface area contributed by atoms with E-state index >= 15 is 0 Å². The number of oxazole rings is 1. The Morgan fingerprint density at radius 2 is 2.42 bits per heavy atom. The van der Waals surface area contributed by atoms with Gasteiger partial charge in [-0.05, 0) is 19.8 Å². The van der Waals surface area contributed by atoms with Crippen LogP contribution in [-0.2, 0) is 0 Å². The number of aryl methyl sites for hydroxylation is 1. The molecule has 6 nitrogen and oxygen atoms in total. The van der Waals surface area contributed by atoms with Gasteiger partial charge in [0, 0.05) is 30.9 Å². The highest BCUT2D eigenvalue weighted by molar-refractivity contribution is 5.91. The summed E-state index contributed by atoms with van der Waals surface area (Å²) in [5.41, 5.74) is 1.05. The van der Waals surface area contributed by atoms with E-state index in [1.165, 1.54) is 12.6 Å². The summed E-state index contributed by atoms with van der Waals surface area (Å²) in [5, 5.41) is 0. The lowest BCUT2D eigenvalue weighted by atomic mass is 9.97. The summed E-state index contributed by atoms with van der Waals surface area (Å²) < 4.78 is 5.07. The average Bonchev–Trinajstić information content (AvgIpc) is 3.09. The van der Waals surface area contributed by atoms with E-state index in [2.05, 4.69) is 15.0 Å². The van der Waals surface area contributed by atoms with Crippen molar-refractivity contribution in [1.29, 1.82) is 0 Å². The number of aromatic nitrogens is 3. The number of imidazole rings is 1. The topological polar surface area (TPSA) is 75.0 Å². The minimum absolute atomic E-state index is 0.0921. The second-order valence-corrected chi connectivity index (χ2v) is 4.91. The normalized spacial score (nSPS) is 19.6. The number of nitrogens with one attached hydrogen (secondary N) is 1. The smallest absolute Gasteiger partial charge is 0.291 e. The number of piperidine rings is 1. The van der Waals surface area contributed by atoms with Crippen molar-refractivity contribution in [1.82, 2.24) is 19.9 Å². The Balaban J connectivity index is 1.73. The number of nitrogens with zero attached hydrogens (tertiary/aromatic N) is 3. The van der Waals surface area contributed by atoms with Crippen molar-refractivity contribution in [3.8, 4) is 0 Å². The van der Waals surface area contributed by atoms with Crippen molar-refractivity contribution in [2.45, 2.75) is 25.7 Å². The molecule has 0 saturated carbocycles. The van der Waals surface area contributed by atoms with Gasteiger partial charge in [0.1, 0.15) is 5.82 Å². The Kier molecular flexibility index (Phi) is 3.06. The predicted molar refractivity (Wildman–Crippen MR) is 67.7 cm³/mol. The van der Waals surface area contributed by atoms with Gasteiger partial charge in [-0.15, -0.1) is 0 Å². The van der Waals surface area contributed by atoms with Gasteiger partial charge in [0.05, 0.1) is 6.20 Å². The number of H-pyrrole nitrogens is 1. The first-order chi connectivity index (χ1) is 9.24. The molecule has 1 aliphatic heterocycles. The minimum atomic E-state index is -0.0921. The van der Waals surface area contributed by atoms with Gasteiger partial charge in [-0.1, -0.05) is 0 Å². The van der Waals surface area contributed by atoms with Crippen LogP contribution in [0.5, 0.6) is 0 Å². The molecule has 1 amide bonds. The van der Waals surface area contributed by atoms with Gasteiger partial charge in [-0.2, -0.15) is 0 Å². The standard InChI is InChI=1S/C13H16N4O2/c1-9-5-15-12(16-9)10-3-2-4-17(7-10)13(18)11-6-14-8-19-11/h5-6,8,10H,2-4,7H2,1H3,(H,15,16)/t10-/m1/s1. The second kappa shape index (κ2) is 4.87. The van der Waals surface area contributed by atoms with Crippen LogP contribution in [0.3, 0.4) is 0 Å². The number of likely N-dealkylation sites (tertiary alicyclic amines) is 1. The number of hydrogen-bond acceptors (Lipinski definition) is 4. The number of carbonyl (C=O) groups excluding carboxylic acids is 1. The van der Waals surface area contributed by atoms with Crippen LogP contribution in [0, 0.1) is 6.92 Å². The zero-order valence-electron chi connectivity index (χ0n) is 10.8. The maximum absolute atomic E-state index is 12.2. The van der Waals surface area contributed by atoms with Crippen LogP contribution < -0.4 is 0 Å². The molecule has 3 heterocycles. The lowest BCUT2D eigenvalue weighted by Gasteiger charge is -2.31. The summed E-state index contributed by atoms with van der Waals surface area (Å²) in [6.45, 7) is 3.42. The molecule has 0 radical (unpaired) electrons. The molecule has 0 aromatic carbocycles. The highest BCUT2D eigenvalue weighted by Gasteiger charge is 2.28. The van der Waals surface area contributed by atoms with E-state index in [0.717, 1.165) is 30.9 Å². The van der Waals surface area contributed by atoms with Crippen molar-refractivity contribution in [2.24, 2.45) is 0 Å². The summed E-state index contributed by atoms with van der Waals surface area (Å²) in [5.74, 6) is 1.45. The summed E-state index contributed by atoms with van der Waals surface area (Å²) in [6, 6.07) is 0. The molecule has 0 aliphatic carbocycles. The monoisotopic (exact) mass is 260 g/mol. The number of carbonyl (C=O) groups is 1. The molecular formula is C13H16N4O2. The molecule has 0 bridgehead atoms. The molecule has 1 saturated heterocycles. The predicted octanol–water partition coefficient (Wildman–Crippen LogP) is 1.73. The van der Waals surface area contributed by atoms with Crippen molar-refractivity contribution in [3.63, 3.8) is 0 Å². The van der Waals surface area contributed by atoms with Crippen molar-refractivity contribution in [2.75, 3.05) is 13.1 Å². The molecule has 2 aromatic rings. The van der Waals surface area contributed by atoms with Gasteiger partial charge in [-0.25, -0.2) is 9.97 Å². The molecular weight excluding hydrogens is 244 g/mol. The van der Waals surface area contributed by atoms with Gasteiger partial charge in [0.2, 0.25) is 5.76 Å². The van der Waals surface area contributed by atoms with Crippen LogP contribution in [0.4, 0.5) is 0 Å². The SMILES string of the molecule is Cc1cnc([C@@H]2CCCN(C(=O)c3cnco3)C2)[nH]1. The first-order valence-corrected chi connectivity index (χ1v) is 6.43. The van der Waals surface area contributed by atoms with Gasteiger partial charge in [0.25, 0.3) is 5.91 Å². The lowest BCUT2D eigenvalue weighted by molar-refractivity contribution is 0.0672. The van der Waals surface area contributed by atoms with Crippen molar-refractivity contribution >= 4 is 5.91 Å².